The maximum atomic E-state index is 13.1. The van der Waals surface area contributed by atoms with Crippen molar-refractivity contribution in [2.75, 3.05) is 5.73 Å². The lowest BCUT2D eigenvalue weighted by molar-refractivity contribution is 0.0697. The summed E-state index contributed by atoms with van der Waals surface area (Å²) in [6.45, 7) is 0. The Bertz CT molecular complexity index is 383. The number of halogens is 3. The summed E-state index contributed by atoms with van der Waals surface area (Å²) in [5.74, 6) is -2.22. The Kier molecular flexibility index (Phi) is 2.77. The minimum absolute atomic E-state index is 0.165. The Balaban J connectivity index is 3.50. The second kappa shape index (κ2) is 3.51. The monoisotopic (exact) mass is 267 g/mol. The normalized spacial score (nSPS) is 10.1. The summed E-state index contributed by atoms with van der Waals surface area (Å²) < 4.78 is 13.2. The molecule has 0 radical (unpaired) electrons. The zero-order valence-electron chi connectivity index (χ0n) is 6.14. The maximum absolute atomic E-state index is 13.1. The van der Waals surface area contributed by atoms with E-state index >= 15 is 0 Å². The lowest BCUT2D eigenvalue weighted by Gasteiger charge is -2.05. The molecule has 70 valence electrons. The van der Waals surface area contributed by atoms with Crippen LogP contribution in [0.5, 0.6) is 0 Å². The second-order valence-corrected chi connectivity index (χ2v) is 3.49. The molecule has 1 aromatic carbocycles. The van der Waals surface area contributed by atoms with Crippen molar-refractivity contribution in [2.24, 2.45) is 0 Å². The Hall–Kier alpha value is -0.810. The predicted molar refractivity (Wildman–Crippen MR) is 50.5 cm³/mol. The molecule has 0 amide bonds. The molecule has 0 spiro atoms. The van der Waals surface area contributed by atoms with Gasteiger partial charge in [0.15, 0.2) is 5.82 Å². The number of benzene rings is 1. The van der Waals surface area contributed by atoms with Gasteiger partial charge in [-0.2, -0.15) is 0 Å². The van der Waals surface area contributed by atoms with Crippen LogP contribution in [-0.2, 0) is 0 Å². The summed E-state index contributed by atoms with van der Waals surface area (Å²) in [6.07, 6.45) is 0. The van der Waals surface area contributed by atoms with Gasteiger partial charge in [-0.3, -0.25) is 0 Å². The van der Waals surface area contributed by atoms with Crippen LogP contribution < -0.4 is 5.73 Å². The van der Waals surface area contributed by atoms with Crippen LogP contribution in [0.2, 0.25) is 5.02 Å². The number of nitrogen functional groups attached to an aromatic ring is 1. The summed E-state index contributed by atoms with van der Waals surface area (Å²) in [6, 6.07) is 1.16. The molecular weight excluding hydrogens is 264 g/mol. The van der Waals surface area contributed by atoms with Gasteiger partial charge >= 0.3 is 5.97 Å². The molecular formula is C7H4BrClFNO2. The van der Waals surface area contributed by atoms with Crippen molar-refractivity contribution >= 4 is 39.2 Å². The number of aromatic carboxylic acids is 1. The van der Waals surface area contributed by atoms with Gasteiger partial charge in [0.25, 0.3) is 0 Å². The van der Waals surface area contributed by atoms with Gasteiger partial charge in [-0.25, -0.2) is 9.18 Å². The molecule has 0 fully saturated rings. The topological polar surface area (TPSA) is 63.3 Å². The van der Waals surface area contributed by atoms with Crippen LogP contribution in [0.4, 0.5) is 10.1 Å². The van der Waals surface area contributed by atoms with Crippen LogP contribution in [-0.4, -0.2) is 11.1 Å². The SMILES string of the molecule is Nc1c(C(=O)O)cc(Br)c(Cl)c1F. The van der Waals surface area contributed by atoms with Gasteiger partial charge in [-0.15, -0.1) is 0 Å². The molecule has 6 heteroatoms. The molecule has 0 aromatic heterocycles. The smallest absolute Gasteiger partial charge is 0.337 e. The summed E-state index contributed by atoms with van der Waals surface area (Å²) in [7, 11) is 0. The molecule has 0 bridgehead atoms. The van der Waals surface area contributed by atoms with E-state index in [1.54, 1.807) is 0 Å². The molecule has 0 saturated carbocycles. The van der Waals surface area contributed by atoms with Gasteiger partial charge in [-0.05, 0) is 22.0 Å². The summed E-state index contributed by atoms with van der Waals surface area (Å²) in [4.78, 5) is 10.5. The molecule has 0 aliphatic rings. The van der Waals surface area contributed by atoms with E-state index in [-0.39, 0.29) is 15.1 Å². The van der Waals surface area contributed by atoms with Gasteiger partial charge < -0.3 is 10.8 Å². The first-order chi connectivity index (χ1) is 5.95. The van der Waals surface area contributed by atoms with E-state index in [1.807, 2.05) is 0 Å². The lowest BCUT2D eigenvalue weighted by atomic mass is 10.2. The number of hydrogen-bond acceptors (Lipinski definition) is 2. The largest absolute Gasteiger partial charge is 0.478 e. The Morgan fingerprint density at radius 2 is 2.23 bits per heavy atom. The number of carboxylic acid groups (broad SMARTS) is 1. The molecule has 3 N–H and O–H groups in total. The number of carboxylic acids is 1. The van der Waals surface area contributed by atoms with Crippen LogP contribution in [0.1, 0.15) is 10.4 Å². The van der Waals surface area contributed by atoms with Crippen molar-refractivity contribution < 1.29 is 14.3 Å². The lowest BCUT2D eigenvalue weighted by Crippen LogP contribution is -2.05. The quantitative estimate of drug-likeness (QED) is 0.607. The van der Waals surface area contributed by atoms with Crippen molar-refractivity contribution in [3.63, 3.8) is 0 Å². The predicted octanol–water partition coefficient (Wildman–Crippen LogP) is 2.52. The number of nitrogens with two attached hydrogens (primary N) is 1. The van der Waals surface area contributed by atoms with Crippen LogP contribution in [0.25, 0.3) is 0 Å². The fourth-order valence-electron chi connectivity index (χ4n) is 0.786. The first-order valence-corrected chi connectivity index (χ1v) is 4.28. The molecule has 1 aromatic rings. The van der Waals surface area contributed by atoms with Gasteiger partial charge in [0.2, 0.25) is 0 Å². The molecule has 3 nitrogen and oxygen atoms in total. The van der Waals surface area contributed by atoms with Gasteiger partial charge in [0.05, 0.1) is 16.3 Å². The fourth-order valence-corrected chi connectivity index (χ4v) is 1.35. The van der Waals surface area contributed by atoms with Gasteiger partial charge in [0.1, 0.15) is 0 Å². The van der Waals surface area contributed by atoms with E-state index in [9.17, 15) is 9.18 Å². The Morgan fingerprint density at radius 3 is 2.69 bits per heavy atom. The van der Waals surface area contributed by atoms with E-state index < -0.39 is 17.5 Å². The fraction of sp³-hybridized carbons (Fsp3) is 0. The molecule has 0 unspecified atom stereocenters. The van der Waals surface area contributed by atoms with Crippen LogP contribution >= 0.6 is 27.5 Å². The summed E-state index contributed by atoms with van der Waals surface area (Å²) in [5, 5.41) is 8.37. The minimum atomic E-state index is -1.30. The van der Waals surface area contributed by atoms with Crippen LogP contribution in [0.3, 0.4) is 0 Å². The average Bonchev–Trinajstić information content (AvgIpc) is 2.07. The minimum Gasteiger partial charge on any atom is -0.478 e. The highest BCUT2D eigenvalue weighted by molar-refractivity contribution is 9.10. The molecule has 0 aliphatic heterocycles. The van der Waals surface area contributed by atoms with Gasteiger partial charge in [0, 0.05) is 4.47 Å². The zero-order chi connectivity index (χ0) is 10.2. The standard InChI is InChI=1S/C7H4BrClFNO2/c8-3-1-2(7(12)13)6(11)5(10)4(3)9/h1H,11H2,(H,12,13). The van der Waals surface area contributed by atoms with E-state index in [2.05, 4.69) is 15.9 Å². The van der Waals surface area contributed by atoms with Crippen LogP contribution in [0, 0.1) is 5.82 Å². The number of carbonyl (C=O) groups is 1. The first-order valence-electron chi connectivity index (χ1n) is 3.11. The van der Waals surface area contributed by atoms with Crippen molar-refractivity contribution in [1.29, 1.82) is 0 Å². The second-order valence-electron chi connectivity index (χ2n) is 2.25. The highest BCUT2D eigenvalue weighted by Crippen LogP contribution is 2.31. The number of rotatable bonds is 1. The van der Waals surface area contributed by atoms with Gasteiger partial charge in [-0.1, -0.05) is 11.6 Å². The molecule has 0 heterocycles. The van der Waals surface area contributed by atoms with E-state index in [1.165, 1.54) is 0 Å². The number of hydrogen-bond donors (Lipinski definition) is 2. The third-order valence-corrected chi connectivity index (χ3v) is 2.65. The molecule has 13 heavy (non-hydrogen) atoms. The highest BCUT2D eigenvalue weighted by atomic mass is 79.9. The van der Waals surface area contributed by atoms with E-state index in [0.717, 1.165) is 6.07 Å². The van der Waals surface area contributed by atoms with Crippen LogP contribution in [0.15, 0.2) is 10.5 Å². The highest BCUT2D eigenvalue weighted by Gasteiger charge is 2.17. The Labute approximate surface area is 86.4 Å². The van der Waals surface area contributed by atoms with Crippen molar-refractivity contribution in [3.05, 3.63) is 26.9 Å². The molecule has 0 aliphatic carbocycles. The zero-order valence-corrected chi connectivity index (χ0v) is 8.49. The van der Waals surface area contributed by atoms with E-state index in [4.69, 9.17) is 22.4 Å². The molecule has 0 saturated heterocycles. The van der Waals surface area contributed by atoms with Crippen molar-refractivity contribution in [2.45, 2.75) is 0 Å². The first kappa shape index (κ1) is 10.3. The molecule has 1 rings (SSSR count). The molecule has 0 atom stereocenters. The van der Waals surface area contributed by atoms with Crippen molar-refractivity contribution in [1.82, 2.24) is 0 Å². The summed E-state index contributed by atoms with van der Waals surface area (Å²) in [5.41, 5.74) is 4.42. The summed E-state index contributed by atoms with van der Waals surface area (Å²) >= 11 is 8.37. The third-order valence-electron chi connectivity index (χ3n) is 1.43. The number of anilines is 1. The van der Waals surface area contributed by atoms with Crippen molar-refractivity contribution in [3.8, 4) is 0 Å². The van der Waals surface area contributed by atoms with E-state index in [0.29, 0.717) is 0 Å². The average molecular weight is 268 g/mol. The third kappa shape index (κ3) is 1.76. The maximum Gasteiger partial charge on any atom is 0.337 e. The Morgan fingerprint density at radius 1 is 1.69 bits per heavy atom.